The van der Waals surface area contributed by atoms with Crippen LogP contribution in [0, 0.1) is 10.1 Å². The summed E-state index contributed by atoms with van der Waals surface area (Å²) in [6, 6.07) is 8.35. The number of amides is 1. The number of nitro groups is 1. The van der Waals surface area contributed by atoms with Gasteiger partial charge in [-0.25, -0.2) is 0 Å². The number of rotatable bonds is 1. The van der Waals surface area contributed by atoms with Gasteiger partial charge >= 0.3 is 0 Å². The largest absolute Gasteiger partial charge is 0.347 e. The Morgan fingerprint density at radius 3 is 2.35 bits per heavy atom. The van der Waals surface area contributed by atoms with Gasteiger partial charge in [-0.2, -0.15) is 0 Å². The maximum Gasteiger partial charge on any atom is 0.239 e. The summed E-state index contributed by atoms with van der Waals surface area (Å²) >= 11 is 0. The van der Waals surface area contributed by atoms with Crippen molar-refractivity contribution in [2.24, 2.45) is 0 Å². The lowest BCUT2D eigenvalue weighted by molar-refractivity contribution is -0.445. The maximum absolute atomic E-state index is 12.0. The fourth-order valence-electron chi connectivity index (χ4n) is 2.23. The monoisotopic (exact) mass is 279 g/mol. The van der Waals surface area contributed by atoms with E-state index in [-0.39, 0.29) is 11.9 Å². The van der Waals surface area contributed by atoms with Gasteiger partial charge in [0.05, 0.1) is 6.04 Å². The van der Waals surface area contributed by atoms with Crippen LogP contribution in [0.2, 0.25) is 0 Å². The molecule has 20 heavy (non-hydrogen) atoms. The lowest BCUT2D eigenvalue weighted by Crippen LogP contribution is -2.48. The van der Waals surface area contributed by atoms with Gasteiger partial charge in [-0.3, -0.25) is 19.8 Å². The van der Waals surface area contributed by atoms with Crippen LogP contribution < -0.4 is 0 Å². The molecule has 0 fully saturated rings. The van der Waals surface area contributed by atoms with Crippen molar-refractivity contribution < 1.29 is 9.72 Å². The Labute approximate surface area is 119 Å². The summed E-state index contributed by atoms with van der Waals surface area (Å²) in [4.78, 5) is 24.1. The SMILES string of the molecule is CN(C)C(=O)C1Cc2ccccc2CN1C.C[N+](=O)[O-]. The molecule has 0 saturated heterocycles. The number of benzene rings is 1. The van der Waals surface area contributed by atoms with E-state index >= 15 is 0 Å². The Morgan fingerprint density at radius 1 is 1.35 bits per heavy atom. The maximum atomic E-state index is 12.0. The number of hydrogen-bond donors (Lipinski definition) is 0. The van der Waals surface area contributed by atoms with Gasteiger partial charge in [0.1, 0.15) is 0 Å². The fourth-order valence-corrected chi connectivity index (χ4v) is 2.23. The molecule has 1 aromatic carbocycles. The van der Waals surface area contributed by atoms with Crippen molar-refractivity contribution in [1.29, 1.82) is 0 Å². The van der Waals surface area contributed by atoms with Crippen molar-refractivity contribution in [2.45, 2.75) is 19.0 Å². The van der Waals surface area contributed by atoms with Crippen molar-refractivity contribution >= 4 is 5.91 Å². The normalized spacial score (nSPS) is 17.5. The molecular formula is C14H21N3O3. The predicted octanol–water partition coefficient (Wildman–Crippen LogP) is 1.02. The minimum Gasteiger partial charge on any atom is -0.347 e. The molecule has 1 unspecified atom stereocenters. The summed E-state index contributed by atoms with van der Waals surface area (Å²) in [5.41, 5.74) is 2.65. The van der Waals surface area contributed by atoms with Gasteiger partial charge in [0.15, 0.2) is 7.05 Å². The van der Waals surface area contributed by atoms with E-state index in [1.54, 1.807) is 4.90 Å². The molecule has 0 saturated carbocycles. The third-order valence-electron chi connectivity index (χ3n) is 3.21. The van der Waals surface area contributed by atoms with E-state index < -0.39 is 4.92 Å². The minimum atomic E-state index is -0.500. The summed E-state index contributed by atoms with van der Waals surface area (Å²) in [6.45, 7) is 0.862. The number of carbonyl (C=O) groups excluding carboxylic acids is 1. The highest BCUT2D eigenvalue weighted by Crippen LogP contribution is 2.22. The quantitative estimate of drug-likeness (QED) is 0.569. The second-order valence-electron chi connectivity index (χ2n) is 5.08. The molecule has 1 aliphatic heterocycles. The first-order valence-electron chi connectivity index (χ1n) is 6.39. The number of likely N-dealkylation sites (N-methyl/N-ethyl adjacent to an activating group) is 2. The van der Waals surface area contributed by atoms with Crippen LogP contribution in [0.15, 0.2) is 24.3 Å². The minimum absolute atomic E-state index is 0.00935. The smallest absolute Gasteiger partial charge is 0.239 e. The highest BCUT2D eigenvalue weighted by atomic mass is 16.6. The van der Waals surface area contributed by atoms with E-state index in [2.05, 4.69) is 23.1 Å². The molecule has 0 bridgehead atoms. The topological polar surface area (TPSA) is 66.7 Å². The van der Waals surface area contributed by atoms with E-state index in [4.69, 9.17) is 10.1 Å². The molecule has 110 valence electrons. The standard InChI is InChI=1S/C13H18N2O.CH3NO2/c1-14(2)13(16)12-8-10-6-4-5-7-11(10)9-15(12)3;1-2(3)4/h4-7,12H,8-9H2,1-3H3;1H3. The number of carbonyl (C=O) groups is 1. The highest BCUT2D eigenvalue weighted by molar-refractivity contribution is 5.82. The average Bonchev–Trinajstić information content (AvgIpc) is 2.36. The molecule has 1 atom stereocenters. The number of nitrogens with zero attached hydrogens (tertiary/aromatic N) is 3. The summed E-state index contributed by atoms with van der Waals surface area (Å²) in [7, 11) is 6.54. The van der Waals surface area contributed by atoms with E-state index in [0.717, 1.165) is 20.0 Å². The summed E-state index contributed by atoms with van der Waals surface area (Å²) < 4.78 is 0. The van der Waals surface area contributed by atoms with Crippen molar-refractivity contribution in [1.82, 2.24) is 9.80 Å². The number of fused-ring (bicyclic) bond motifs is 1. The molecule has 0 spiro atoms. The van der Waals surface area contributed by atoms with Crippen molar-refractivity contribution in [2.75, 3.05) is 28.2 Å². The molecule has 6 heteroatoms. The fraction of sp³-hybridized carbons (Fsp3) is 0.500. The second kappa shape index (κ2) is 7.00. The van der Waals surface area contributed by atoms with Gasteiger partial charge in [-0.05, 0) is 24.6 Å². The molecule has 0 radical (unpaired) electrons. The van der Waals surface area contributed by atoms with Crippen LogP contribution in [0.3, 0.4) is 0 Å². The molecular weight excluding hydrogens is 258 g/mol. The zero-order chi connectivity index (χ0) is 15.3. The van der Waals surface area contributed by atoms with Crippen LogP contribution in [0.5, 0.6) is 0 Å². The van der Waals surface area contributed by atoms with Gasteiger partial charge in [0, 0.05) is 25.6 Å². The van der Waals surface area contributed by atoms with Gasteiger partial charge < -0.3 is 4.90 Å². The number of hydrogen-bond acceptors (Lipinski definition) is 4. The lowest BCUT2D eigenvalue weighted by Gasteiger charge is -2.34. The van der Waals surface area contributed by atoms with Crippen molar-refractivity contribution in [3.8, 4) is 0 Å². The second-order valence-corrected chi connectivity index (χ2v) is 5.08. The molecule has 1 amide bonds. The first-order valence-corrected chi connectivity index (χ1v) is 6.39. The summed E-state index contributed by atoms with van der Waals surface area (Å²) in [5.74, 6) is 0.192. The van der Waals surface area contributed by atoms with Crippen LogP contribution in [-0.2, 0) is 17.8 Å². The average molecular weight is 279 g/mol. The molecule has 0 aromatic heterocycles. The Bertz CT molecular complexity index is 484. The van der Waals surface area contributed by atoms with Gasteiger partial charge in [-0.1, -0.05) is 24.3 Å². The van der Waals surface area contributed by atoms with Crippen LogP contribution in [0.4, 0.5) is 0 Å². The van der Waals surface area contributed by atoms with E-state index in [1.165, 1.54) is 11.1 Å². The van der Waals surface area contributed by atoms with Crippen molar-refractivity contribution in [3.63, 3.8) is 0 Å². The van der Waals surface area contributed by atoms with Crippen LogP contribution in [0.25, 0.3) is 0 Å². The van der Waals surface area contributed by atoms with Crippen LogP contribution in [-0.4, -0.2) is 54.9 Å². The molecule has 2 rings (SSSR count). The molecule has 1 aliphatic rings. The van der Waals surface area contributed by atoms with E-state index in [9.17, 15) is 4.79 Å². The van der Waals surface area contributed by atoms with Gasteiger partial charge in [-0.15, -0.1) is 0 Å². The Kier molecular flexibility index (Phi) is 5.64. The zero-order valence-corrected chi connectivity index (χ0v) is 12.4. The van der Waals surface area contributed by atoms with Crippen LogP contribution in [0.1, 0.15) is 11.1 Å². The Morgan fingerprint density at radius 2 is 1.85 bits per heavy atom. The predicted molar refractivity (Wildman–Crippen MR) is 77.0 cm³/mol. The first-order chi connectivity index (χ1) is 9.32. The Balaban J connectivity index is 0.000000444. The zero-order valence-electron chi connectivity index (χ0n) is 12.4. The Hall–Kier alpha value is -1.95. The first kappa shape index (κ1) is 16.1. The van der Waals surface area contributed by atoms with E-state index in [1.807, 2.05) is 27.2 Å². The molecule has 6 nitrogen and oxygen atoms in total. The summed E-state index contributed by atoms with van der Waals surface area (Å²) in [6.07, 6.45) is 0.823. The van der Waals surface area contributed by atoms with E-state index in [0.29, 0.717) is 0 Å². The van der Waals surface area contributed by atoms with Crippen LogP contribution >= 0.6 is 0 Å². The molecule has 1 aromatic rings. The highest BCUT2D eigenvalue weighted by Gasteiger charge is 2.29. The van der Waals surface area contributed by atoms with Crippen molar-refractivity contribution in [3.05, 3.63) is 45.5 Å². The lowest BCUT2D eigenvalue weighted by atomic mass is 9.94. The third kappa shape index (κ3) is 4.31. The molecule has 0 N–H and O–H groups in total. The summed E-state index contributed by atoms with van der Waals surface area (Å²) in [5, 5.41) is 8.81. The third-order valence-corrected chi connectivity index (χ3v) is 3.21. The molecule has 0 aliphatic carbocycles. The van der Waals surface area contributed by atoms with Gasteiger partial charge in [0.25, 0.3) is 0 Å². The molecule has 1 heterocycles. The van der Waals surface area contributed by atoms with Gasteiger partial charge in [0.2, 0.25) is 5.91 Å².